The lowest BCUT2D eigenvalue weighted by atomic mass is 10.1. The first-order valence-electron chi connectivity index (χ1n) is 4.11. The van der Waals surface area contributed by atoms with Crippen molar-refractivity contribution in [2.75, 3.05) is 0 Å². The maximum atomic E-state index is 12.5. The standard InChI is InChI=1S/C9H6BrF2NO3/c1-4(14)5-2-6(9(11)12)7(10)3-8(5)13(15)16/h2-3,9H,1H3. The smallest absolute Gasteiger partial charge is 0.281 e. The average molecular weight is 294 g/mol. The Hall–Kier alpha value is -1.37. The maximum absolute atomic E-state index is 12.5. The molecule has 0 unspecified atom stereocenters. The van der Waals surface area contributed by atoms with E-state index >= 15 is 0 Å². The number of carbonyl (C=O) groups is 1. The van der Waals surface area contributed by atoms with Crippen LogP contribution in [0.15, 0.2) is 16.6 Å². The molecule has 0 bridgehead atoms. The second-order valence-corrected chi connectivity index (χ2v) is 3.86. The molecule has 7 heteroatoms. The van der Waals surface area contributed by atoms with E-state index in [-0.39, 0.29) is 10.0 Å². The van der Waals surface area contributed by atoms with Gasteiger partial charge >= 0.3 is 0 Å². The zero-order valence-corrected chi connectivity index (χ0v) is 9.62. The zero-order valence-electron chi connectivity index (χ0n) is 8.04. The Morgan fingerprint density at radius 1 is 1.50 bits per heavy atom. The number of rotatable bonds is 3. The molecule has 0 saturated heterocycles. The number of benzene rings is 1. The molecule has 0 fully saturated rings. The maximum Gasteiger partial charge on any atom is 0.281 e. The van der Waals surface area contributed by atoms with Crippen molar-refractivity contribution in [3.63, 3.8) is 0 Å². The molecule has 0 spiro atoms. The Kier molecular flexibility index (Phi) is 3.69. The average Bonchev–Trinajstić information content (AvgIpc) is 2.15. The fraction of sp³-hybridized carbons (Fsp3) is 0.222. The molecule has 86 valence electrons. The molecule has 16 heavy (non-hydrogen) atoms. The fourth-order valence-corrected chi connectivity index (χ4v) is 1.68. The van der Waals surface area contributed by atoms with Gasteiger partial charge in [0.25, 0.3) is 12.1 Å². The minimum Gasteiger partial charge on any atom is -0.294 e. The molecule has 0 aliphatic heterocycles. The summed E-state index contributed by atoms with van der Waals surface area (Å²) in [5.41, 5.74) is -1.23. The van der Waals surface area contributed by atoms with Crippen LogP contribution < -0.4 is 0 Å². The Labute approximate surface area is 97.5 Å². The molecule has 0 aliphatic carbocycles. The van der Waals surface area contributed by atoms with Gasteiger partial charge in [-0.2, -0.15) is 0 Å². The van der Waals surface area contributed by atoms with E-state index in [2.05, 4.69) is 15.9 Å². The highest BCUT2D eigenvalue weighted by Crippen LogP contribution is 2.33. The van der Waals surface area contributed by atoms with Crippen LogP contribution in [0.5, 0.6) is 0 Å². The summed E-state index contributed by atoms with van der Waals surface area (Å²) in [6.45, 7) is 1.09. The van der Waals surface area contributed by atoms with E-state index in [9.17, 15) is 23.7 Å². The molecule has 0 N–H and O–H groups in total. The summed E-state index contributed by atoms with van der Waals surface area (Å²) in [5, 5.41) is 10.6. The molecule has 0 heterocycles. The van der Waals surface area contributed by atoms with Crippen LogP contribution in [0.1, 0.15) is 29.3 Å². The second-order valence-electron chi connectivity index (χ2n) is 3.00. The lowest BCUT2D eigenvalue weighted by molar-refractivity contribution is -0.385. The van der Waals surface area contributed by atoms with Gasteiger partial charge < -0.3 is 0 Å². The van der Waals surface area contributed by atoms with E-state index in [1.807, 2.05) is 0 Å². The summed E-state index contributed by atoms with van der Waals surface area (Å²) in [6, 6.07) is 1.76. The molecule has 0 radical (unpaired) electrons. The molecule has 1 aromatic carbocycles. The van der Waals surface area contributed by atoms with Gasteiger partial charge in [-0.3, -0.25) is 14.9 Å². The number of nitro groups is 1. The Bertz CT molecular complexity index is 462. The topological polar surface area (TPSA) is 60.2 Å². The number of alkyl halides is 2. The van der Waals surface area contributed by atoms with E-state index in [4.69, 9.17) is 0 Å². The minimum atomic E-state index is -2.80. The number of carbonyl (C=O) groups excluding carboxylic acids is 1. The van der Waals surface area contributed by atoms with Crippen LogP contribution in [0.4, 0.5) is 14.5 Å². The van der Waals surface area contributed by atoms with Crippen molar-refractivity contribution in [1.29, 1.82) is 0 Å². The van der Waals surface area contributed by atoms with E-state index < -0.39 is 28.4 Å². The van der Waals surface area contributed by atoms with Crippen molar-refractivity contribution >= 4 is 27.4 Å². The summed E-state index contributed by atoms with van der Waals surface area (Å²) < 4.78 is 24.9. The SMILES string of the molecule is CC(=O)c1cc(C(F)F)c(Br)cc1[N+](=O)[O-]. The highest BCUT2D eigenvalue weighted by molar-refractivity contribution is 9.10. The summed E-state index contributed by atoms with van der Waals surface area (Å²) in [5.74, 6) is -0.624. The van der Waals surface area contributed by atoms with Gasteiger partial charge in [0, 0.05) is 16.1 Å². The lowest BCUT2D eigenvalue weighted by Gasteiger charge is -2.06. The van der Waals surface area contributed by atoms with Crippen LogP contribution in [0.25, 0.3) is 0 Å². The first-order chi connectivity index (χ1) is 7.34. The molecule has 4 nitrogen and oxygen atoms in total. The third-order valence-corrected chi connectivity index (χ3v) is 2.61. The van der Waals surface area contributed by atoms with Crippen LogP contribution in [-0.4, -0.2) is 10.7 Å². The molecular weight excluding hydrogens is 288 g/mol. The van der Waals surface area contributed by atoms with Crippen molar-refractivity contribution in [3.8, 4) is 0 Å². The number of halogens is 3. The molecule has 1 rings (SSSR count). The van der Waals surface area contributed by atoms with Gasteiger partial charge in [-0.05, 0) is 13.0 Å². The second kappa shape index (κ2) is 4.65. The predicted octanol–water partition coefficient (Wildman–Crippen LogP) is 3.50. The van der Waals surface area contributed by atoms with E-state index in [1.54, 1.807) is 0 Å². The lowest BCUT2D eigenvalue weighted by Crippen LogP contribution is -2.02. The van der Waals surface area contributed by atoms with Gasteiger partial charge in [-0.25, -0.2) is 8.78 Å². The van der Waals surface area contributed by atoms with E-state index in [0.717, 1.165) is 19.1 Å². The number of ketones is 1. The van der Waals surface area contributed by atoms with Crippen LogP contribution >= 0.6 is 15.9 Å². The van der Waals surface area contributed by atoms with Crippen LogP contribution in [0.3, 0.4) is 0 Å². The van der Waals surface area contributed by atoms with Crippen LogP contribution in [-0.2, 0) is 0 Å². The number of hydrogen-bond acceptors (Lipinski definition) is 3. The summed E-state index contributed by atoms with van der Waals surface area (Å²) >= 11 is 2.80. The number of hydrogen-bond donors (Lipinski definition) is 0. The Morgan fingerprint density at radius 2 is 2.06 bits per heavy atom. The molecule has 0 saturated carbocycles. The molecule has 0 amide bonds. The highest BCUT2D eigenvalue weighted by atomic mass is 79.9. The zero-order chi connectivity index (χ0) is 12.5. The third kappa shape index (κ3) is 2.41. The number of Topliss-reactive ketones (excluding diaryl/α,β-unsaturated/α-hetero) is 1. The summed E-state index contributed by atoms with van der Waals surface area (Å²) in [4.78, 5) is 20.9. The van der Waals surface area contributed by atoms with Gasteiger partial charge in [0.1, 0.15) is 0 Å². The third-order valence-electron chi connectivity index (χ3n) is 1.93. The van der Waals surface area contributed by atoms with Crippen molar-refractivity contribution < 1.29 is 18.5 Å². The van der Waals surface area contributed by atoms with E-state index in [1.165, 1.54) is 0 Å². The van der Waals surface area contributed by atoms with Crippen LogP contribution in [0.2, 0.25) is 0 Å². The minimum absolute atomic E-state index is 0.0841. The van der Waals surface area contributed by atoms with Crippen molar-refractivity contribution in [3.05, 3.63) is 37.8 Å². The van der Waals surface area contributed by atoms with Gasteiger partial charge in [-0.1, -0.05) is 15.9 Å². The van der Waals surface area contributed by atoms with Crippen molar-refractivity contribution in [1.82, 2.24) is 0 Å². The molecule has 1 aromatic rings. The quantitative estimate of drug-likeness (QED) is 0.487. The van der Waals surface area contributed by atoms with Crippen molar-refractivity contribution in [2.24, 2.45) is 0 Å². The number of nitro benzene ring substituents is 1. The summed E-state index contributed by atoms with van der Waals surface area (Å²) in [7, 11) is 0. The Morgan fingerprint density at radius 3 is 2.44 bits per heavy atom. The Balaban J connectivity index is 3.49. The highest BCUT2D eigenvalue weighted by Gasteiger charge is 2.23. The first-order valence-corrected chi connectivity index (χ1v) is 4.90. The van der Waals surface area contributed by atoms with Gasteiger partial charge in [0.2, 0.25) is 0 Å². The molecule has 0 aromatic heterocycles. The van der Waals surface area contributed by atoms with Crippen molar-refractivity contribution in [2.45, 2.75) is 13.3 Å². The van der Waals surface area contributed by atoms with E-state index in [0.29, 0.717) is 0 Å². The molecular formula is C9H6BrF2NO3. The largest absolute Gasteiger partial charge is 0.294 e. The fourth-order valence-electron chi connectivity index (χ4n) is 1.18. The molecule has 0 aliphatic rings. The normalized spacial score (nSPS) is 10.6. The first kappa shape index (κ1) is 12.7. The van der Waals surface area contributed by atoms with Gasteiger partial charge in [-0.15, -0.1) is 0 Å². The van der Waals surface area contributed by atoms with Crippen LogP contribution in [0, 0.1) is 10.1 Å². The monoisotopic (exact) mass is 293 g/mol. The predicted molar refractivity (Wildman–Crippen MR) is 55.8 cm³/mol. The summed E-state index contributed by atoms with van der Waals surface area (Å²) in [6.07, 6.45) is -2.80. The van der Waals surface area contributed by atoms with Gasteiger partial charge in [0.15, 0.2) is 5.78 Å². The molecule has 0 atom stereocenters. The van der Waals surface area contributed by atoms with Gasteiger partial charge in [0.05, 0.1) is 10.5 Å². The number of nitrogens with zero attached hydrogens (tertiary/aromatic N) is 1.